The number of rotatable bonds is 4. The monoisotopic (exact) mass is 132 g/mol. The fraction of sp³-hybridized carbons (Fsp3) is 0.800. The fourth-order valence-electron chi connectivity index (χ4n) is 0.427. The molecule has 0 aromatic heterocycles. The molecule has 0 aliphatic carbocycles. The van der Waals surface area contributed by atoms with Crippen LogP contribution in [0.4, 0.5) is 0 Å². The maximum absolute atomic E-state index is 10.5. The maximum atomic E-state index is 10.5. The van der Waals surface area contributed by atoms with Gasteiger partial charge >= 0.3 is 0 Å². The first-order chi connectivity index (χ1) is 4.31. The molecule has 0 saturated heterocycles. The lowest BCUT2D eigenvalue weighted by atomic mass is 10.3. The molecule has 0 fully saturated rings. The summed E-state index contributed by atoms with van der Waals surface area (Å²) in [5, 5.41) is 0. The van der Waals surface area contributed by atoms with Gasteiger partial charge in [-0.05, 0) is 13.0 Å². The number of carbonyl (C=O) groups is 1. The maximum Gasteiger partial charge on any atom is 0.243 e. The Bertz CT molecular complexity index is 85.0. The van der Waals surface area contributed by atoms with E-state index in [-0.39, 0.29) is 5.91 Å². The van der Waals surface area contributed by atoms with E-state index in [4.69, 9.17) is 5.73 Å². The molecule has 0 atom stereocenters. The van der Waals surface area contributed by atoms with E-state index in [9.17, 15) is 4.79 Å². The lowest BCUT2D eigenvalue weighted by Gasteiger charge is -1.98. The van der Waals surface area contributed by atoms with Crippen LogP contribution in [-0.2, 0) is 9.63 Å². The highest BCUT2D eigenvalue weighted by Crippen LogP contribution is 1.83. The number of hydrogen-bond donors (Lipinski definition) is 2. The van der Waals surface area contributed by atoms with Gasteiger partial charge in [-0.1, -0.05) is 0 Å². The van der Waals surface area contributed by atoms with Crippen LogP contribution >= 0.6 is 0 Å². The van der Waals surface area contributed by atoms with E-state index in [0.29, 0.717) is 19.4 Å². The second-order valence-corrected chi connectivity index (χ2v) is 1.62. The average Bonchev–Trinajstić information content (AvgIpc) is 1.85. The molecule has 0 aromatic carbocycles. The Morgan fingerprint density at radius 3 is 2.89 bits per heavy atom. The van der Waals surface area contributed by atoms with Crippen LogP contribution in [0.1, 0.15) is 12.8 Å². The van der Waals surface area contributed by atoms with E-state index in [1.807, 2.05) is 0 Å². The predicted molar refractivity (Wildman–Crippen MR) is 33.4 cm³/mol. The quantitative estimate of drug-likeness (QED) is 0.502. The Labute approximate surface area is 54.3 Å². The summed E-state index contributed by atoms with van der Waals surface area (Å²) in [4.78, 5) is 14.9. The summed E-state index contributed by atoms with van der Waals surface area (Å²) in [6.07, 6.45) is 1.14. The number of carbonyl (C=O) groups excluding carboxylic acids is 1. The van der Waals surface area contributed by atoms with Crippen molar-refractivity contribution in [2.75, 3.05) is 13.7 Å². The first kappa shape index (κ1) is 8.39. The van der Waals surface area contributed by atoms with Crippen molar-refractivity contribution >= 4 is 5.91 Å². The Morgan fingerprint density at radius 2 is 2.44 bits per heavy atom. The number of hydroxylamine groups is 1. The summed E-state index contributed by atoms with van der Waals surface area (Å²) >= 11 is 0. The molecular formula is C5H12N2O2. The first-order valence-electron chi connectivity index (χ1n) is 2.83. The highest BCUT2D eigenvalue weighted by atomic mass is 16.6. The van der Waals surface area contributed by atoms with Gasteiger partial charge in [0.05, 0.1) is 7.11 Å². The topological polar surface area (TPSA) is 64.3 Å². The van der Waals surface area contributed by atoms with Gasteiger partial charge in [0.1, 0.15) is 0 Å². The minimum Gasteiger partial charge on any atom is -0.330 e. The molecule has 0 unspecified atom stereocenters. The van der Waals surface area contributed by atoms with Gasteiger partial charge in [0.25, 0.3) is 0 Å². The van der Waals surface area contributed by atoms with Crippen LogP contribution in [0.3, 0.4) is 0 Å². The normalized spacial score (nSPS) is 9.11. The SMILES string of the molecule is CONC(=O)CCCN. The summed E-state index contributed by atoms with van der Waals surface area (Å²) in [6.45, 7) is 0.539. The summed E-state index contributed by atoms with van der Waals surface area (Å²) in [5.74, 6) is -0.122. The molecule has 0 aromatic rings. The van der Waals surface area contributed by atoms with Crippen molar-refractivity contribution in [3.8, 4) is 0 Å². The molecule has 54 valence electrons. The number of amides is 1. The molecule has 1 amide bonds. The Balaban J connectivity index is 3.06. The lowest BCUT2D eigenvalue weighted by molar-refractivity contribution is -0.131. The van der Waals surface area contributed by atoms with Gasteiger partial charge in [0.15, 0.2) is 0 Å². The van der Waals surface area contributed by atoms with Crippen LogP contribution in [0.2, 0.25) is 0 Å². The summed E-state index contributed by atoms with van der Waals surface area (Å²) < 4.78 is 0. The van der Waals surface area contributed by atoms with Crippen molar-refractivity contribution in [1.82, 2.24) is 5.48 Å². The summed E-state index contributed by atoms with van der Waals surface area (Å²) in [6, 6.07) is 0. The smallest absolute Gasteiger partial charge is 0.243 e. The molecule has 0 bridgehead atoms. The minimum atomic E-state index is -0.122. The van der Waals surface area contributed by atoms with E-state index in [0.717, 1.165) is 0 Å². The van der Waals surface area contributed by atoms with Gasteiger partial charge in [-0.3, -0.25) is 9.63 Å². The van der Waals surface area contributed by atoms with Crippen molar-refractivity contribution in [3.05, 3.63) is 0 Å². The molecule has 3 N–H and O–H groups in total. The molecule has 0 heterocycles. The van der Waals surface area contributed by atoms with Crippen molar-refractivity contribution < 1.29 is 9.63 Å². The second-order valence-electron chi connectivity index (χ2n) is 1.62. The van der Waals surface area contributed by atoms with E-state index in [1.165, 1.54) is 7.11 Å². The van der Waals surface area contributed by atoms with Gasteiger partial charge < -0.3 is 5.73 Å². The van der Waals surface area contributed by atoms with Crippen molar-refractivity contribution in [3.63, 3.8) is 0 Å². The number of nitrogens with one attached hydrogen (secondary N) is 1. The average molecular weight is 132 g/mol. The molecule has 4 nitrogen and oxygen atoms in total. The Morgan fingerprint density at radius 1 is 1.78 bits per heavy atom. The molecule has 4 heteroatoms. The van der Waals surface area contributed by atoms with Crippen LogP contribution in [0.15, 0.2) is 0 Å². The van der Waals surface area contributed by atoms with Crippen molar-refractivity contribution in [1.29, 1.82) is 0 Å². The summed E-state index contributed by atoms with van der Waals surface area (Å²) in [7, 11) is 1.40. The molecule has 9 heavy (non-hydrogen) atoms. The third-order valence-corrected chi connectivity index (χ3v) is 0.824. The molecular weight excluding hydrogens is 120 g/mol. The zero-order valence-corrected chi connectivity index (χ0v) is 5.52. The zero-order chi connectivity index (χ0) is 7.11. The predicted octanol–water partition coefficient (Wildman–Crippen LogP) is -0.597. The van der Waals surface area contributed by atoms with Crippen molar-refractivity contribution in [2.45, 2.75) is 12.8 Å². The molecule has 0 radical (unpaired) electrons. The van der Waals surface area contributed by atoms with Crippen LogP contribution in [0.25, 0.3) is 0 Å². The highest BCUT2D eigenvalue weighted by molar-refractivity contribution is 5.74. The fourth-order valence-corrected chi connectivity index (χ4v) is 0.427. The molecule has 0 rings (SSSR count). The Hall–Kier alpha value is -0.610. The van der Waals surface area contributed by atoms with E-state index >= 15 is 0 Å². The lowest BCUT2D eigenvalue weighted by Crippen LogP contribution is -2.22. The molecule has 0 spiro atoms. The molecule has 0 aliphatic heterocycles. The van der Waals surface area contributed by atoms with Gasteiger partial charge in [-0.25, -0.2) is 5.48 Å². The van der Waals surface area contributed by atoms with Gasteiger partial charge in [0, 0.05) is 6.42 Å². The van der Waals surface area contributed by atoms with Crippen LogP contribution < -0.4 is 11.2 Å². The standard InChI is InChI=1S/C5H12N2O2/c1-9-7-5(8)3-2-4-6/h2-4,6H2,1H3,(H,7,8). The summed E-state index contributed by atoms with van der Waals surface area (Å²) in [5.41, 5.74) is 7.34. The largest absolute Gasteiger partial charge is 0.330 e. The first-order valence-corrected chi connectivity index (χ1v) is 2.83. The van der Waals surface area contributed by atoms with E-state index in [2.05, 4.69) is 10.3 Å². The molecule has 0 aliphatic rings. The van der Waals surface area contributed by atoms with Crippen LogP contribution in [0.5, 0.6) is 0 Å². The zero-order valence-electron chi connectivity index (χ0n) is 5.52. The van der Waals surface area contributed by atoms with Gasteiger partial charge in [-0.2, -0.15) is 0 Å². The number of hydrogen-bond acceptors (Lipinski definition) is 3. The number of nitrogens with two attached hydrogens (primary N) is 1. The highest BCUT2D eigenvalue weighted by Gasteiger charge is 1.96. The van der Waals surface area contributed by atoms with Crippen LogP contribution in [0, 0.1) is 0 Å². The third kappa shape index (κ3) is 5.26. The van der Waals surface area contributed by atoms with Gasteiger partial charge in [0.2, 0.25) is 5.91 Å². The Kier molecular flexibility index (Phi) is 5.15. The molecule has 0 saturated carbocycles. The third-order valence-electron chi connectivity index (χ3n) is 0.824. The van der Waals surface area contributed by atoms with Crippen LogP contribution in [-0.4, -0.2) is 19.6 Å². The van der Waals surface area contributed by atoms with E-state index in [1.54, 1.807) is 0 Å². The second kappa shape index (κ2) is 5.53. The van der Waals surface area contributed by atoms with E-state index < -0.39 is 0 Å². The van der Waals surface area contributed by atoms with Gasteiger partial charge in [-0.15, -0.1) is 0 Å². The van der Waals surface area contributed by atoms with Crippen molar-refractivity contribution in [2.24, 2.45) is 5.73 Å². The minimum absolute atomic E-state index is 0.122.